The van der Waals surface area contributed by atoms with E-state index in [0.717, 1.165) is 5.69 Å². The normalized spacial score (nSPS) is 10.9. The van der Waals surface area contributed by atoms with Crippen LogP contribution in [0.1, 0.15) is 34.3 Å². The molecule has 198 valence electrons. The summed E-state index contributed by atoms with van der Waals surface area (Å²) in [4.78, 5) is 24.3. The topological polar surface area (TPSA) is 154 Å². The number of hydrogen-bond acceptors (Lipinski definition) is 9. The number of ether oxygens (including phenoxy) is 2. The third-order valence-electron chi connectivity index (χ3n) is 5.29. The van der Waals surface area contributed by atoms with Crippen molar-refractivity contribution >= 4 is 29.9 Å². The number of rotatable bonds is 12. The van der Waals surface area contributed by atoms with Crippen molar-refractivity contribution in [1.29, 1.82) is 0 Å². The van der Waals surface area contributed by atoms with Crippen molar-refractivity contribution in [3.8, 4) is 23.0 Å². The maximum Gasteiger partial charge on any atom is 0.271 e. The Balaban J connectivity index is 1.38. The number of carbonyl (C=O) groups is 2. The summed E-state index contributed by atoms with van der Waals surface area (Å²) in [7, 11) is 3.03. The molecule has 0 aliphatic heterocycles. The van der Waals surface area contributed by atoms with Crippen molar-refractivity contribution in [1.82, 2.24) is 10.9 Å². The van der Waals surface area contributed by atoms with Gasteiger partial charge in [-0.15, -0.1) is 0 Å². The molecule has 0 heterocycles. The molecular formula is C27H29N5O6. The van der Waals surface area contributed by atoms with Crippen molar-refractivity contribution in [2.75, 3.05) is 26.1 Å². The summed E-state index contributed by atoms with van der Waals surface area (Å²) in [6.07, 6.45) is 3.48. The SMILES string of the molecule is COc1ccc(O)c(C=NNC(=O)CCCNc2ccc(C(=O)NN=Cc3cc(OC)ccc3O)cc2)c1. The Morgan fingerprint density at radius 2 is 1.37 bits per heavy atom. The average molecular weight is 520 g/mol. The van der Waals surface area contributed by atoms with E-state index in [9.17, 15) is 19.8 Å². The lowest BCUT2D eigenvalue weighted by Gasteiger charge is -2.07. The third-order valence-corrected chi connectivity index (χ3v) is 5.29. The minimum absolute atomic E-state index is 0.0120. The van der Waals surface area contributed by atoms with E-state index in [2.05, 4.69) is 26.4 Å². The standard InChI is InChI=1S/C27H29N5O6/c1-37-22-9-11-24(33)19(14-22)16-29-31-26(35)4-3-13-28-21-7-5-18(6-8-21)27(36)32-30-17-20-15-23(38-2)10-12-25(20)34/h5-12,14-17,28,33-34H,3-4,13H2,1-2H3,(H,31,35)(H,32,36). The second kappa shape index (κ2) is 13.9. The van der Waals surface area contributed by atoms with Crippen molar-refractivity contribution in [2.45, 2.75) is 12.8 Å². The number of benzene rings is 3. The van der Waals surface area contributed by atoms with Crippen LogP contribution in [0.25, 0.3) is 0 Å². The van der Waals surface area contributed by atoms with Crippen LogP contribution < -0.4 is 25.6 Å². The van der Waals surface area contributed by atoms with Gasteiger partial charge in [-0.3, -0.25) is 9.59 Å². The molecule has 38 heavy (non-hydrogen) atoms. The predicted molar refractivity (Wildman–Crippen MR) is 144 cm³/mol. The highest BCUT2D eigenvalue weighted by molar-refractivity contribution is 5.95. The quantitative estimate of drug-likeness (QED) is 0.140. The number of hydrogen-bond donors (Lipinski definition) is 5. The molecule has 0 saturated carbocycles. The van der Waals surface area contributed by atoms with Crippen LogP contribution in [0.5, 0.6) is 23.0 Å². The second-order valence-electron chi connectivity index (χ2n) is 7.95. The van der Waals surface area contributed by atoms with Crippen LogP contribution in [0.15, 0.2) is 70.9 Å². The van der Waals surface area contributed by atoms with Gasteiger partial charge in [0, 0.05) is 35.3 Å². The number of aromatic hydroxyl groups is 2. The summed E-state index contributed by atoms with van der Waals surface area (Å²) >= 11 is 0. The van der Waals surface area contributed by atoms with Crippen molar-refractivity contribution < 1.29 is 29.3 Å². The molecule has 0 spiro atoms. The van der Waals surface area contributed by atoms with Crippen LogP contribution in [0.3, 0.4) is 0 Å². The number of phenols is 2. The highest BCUT2D eigenvalue weighted by atomic mass is 16.5. The van der Waals surface area contributed by atoms with Crippen molar-refractivity contribution in [3.63, 3.8) is 0 Å². The zero-order chi connectivity index (χ0) is 27.3. The highest BCUT2D eigenvalue weighted by Gasteiger charge is 2.06. The largest absolute Gasteiger partial charge is 0.507 e. The lowest BCUT2D eigenvalue weighted by Crippen LogP contribution is -2.18. The number of amides is 2. The van der Waals surface area contributed by atoms with E-state index in [4.69, 9.17) is 9.47 Å². The molecule has 0 aromatic heterocycles. The van der Waals surface area contributed by atoms with E-state index in [0.29, 0.717) is 41.2 Å². The number of carbonyl (C=O) groups excluding carboxylic acids is 2. The first-order chi connectivity index (χ1) is 18.4. The van der Waals surface area contributed by atoms with Gasteiger partial charge in [-0.05, 0) is 67.1 Å². The van der Waals surface area contributed by atoms with Crippen molar-refractivity contribution in [2.24, 2.45) is 10.2 Å². The zero-order valence-electron chi connectivity index (χ0n) is 21.0. The lowest BCUT2D eigenvalue weighted by atomic mass is 10.2. The number of anilines is 1. The van der Waals surface area contributed by atoms with Gasteiger partial charge in [0.2, 0.25) is 5.91 Å². The van der Waals surface area contributed by atoms with Gasteiger partial charge in [0.15, 0.2) is 0 Å². The highest BCUT2D eigenvalue weighted by Crippen LogP contribution is 2.22. The van der Waals surface area contributed by atoms with Crippen LogP contribution in [-0.4, -0.2) is 55.2 Å². The van der Waals surface area contributed by atoms with Gasteiger partial charge in [0.25, 0.3) is 5.91 Å². The van der Waals surface area contributed by atoms with E-state index in [1.807, 2.05) is 0 Å². The van der Waals surface area contributed by atoms with Gasteiger partial charge >= 0.3 is 0 Å². The molecule has 0 saturated heterocycles. The first kappa shape index (κ1) is 27.5. The average Bonchev–Trinajstić information content (AvgIpc) is 2.93. The smallest absolute Gasteiger partial charge is 0.271 e. The number of phenolic OH excluding ortho intramolecular Hbond substituents is 2. The molecule has 3 aromatic carbocycles. The Morgan fingerprint density at radius 1 is 0.816 bits per heavy atom. The zero-order valence-corrected chi connectivity index (χ0v) is 21.0. The minimum Gasteiger partial charge on any atom is -0.507 e. The summed E-state index contributed by atoms with van der Waals surface area (Å²) in [5.74, 6) is 0.485. The van der Waals surface area contributed by atoms with Crippen LogP contribution in [0.4, 0.5) is 5.69 Å². The molecule has 11 heteroatoms. The molecule has 3 rings (SSSR count). The van der Waals surface area contributed by atoms with E-state index in [1.54, 1.807) is 48.5 Å². The summed E-state index contributed by atoms with van der Waals surface area (Å²) in [5, 5.41) is 30.6. The molecular weight excluding hydrogens is 490 g/mol. The number of methoxy groups -OCH3 is 2. The predicted octanol–water partition coefficient (Wildman–Crippen LogP) is 3.22. The Labute approximate surface area is 219 Å². The fraction of sp³-hybridized carbons (Fsp3) is 0.185. The maximum absolute atomic E-state index is 12.3. The Bertz CT molecular complexity index is 1310. The van der Waals surface area contributed by atoms with Crippen LogP contribution in [0.2, 0.25) is 0 Å². The van der Waals surface area contributed by atoms with E-state index in [-0.39, 0.29) is 23.8 Å². The molecule has 0 atom stereocenters. The molecule has 5 N–H and O–H groups in total. The molecule has 0 fully saturated rings. The molecule has 0 bridgehead atoms. The van der Waals surface area contributed by atoms with Gasteiger partial charge in [-0.1, -0.05) is 0 Å². The van der Waals surface area contributed by atoms with Gasteiger partial charge < -0.3 is 25.0 Å². The first-order valence-electron chi connectivity index (χ1n) is 11.6. The van der Waals surface area contributed by atoms with Crippen LogP contribution in [0, 0.1) is 0 Å². The fourth-order valence-electron chi connectivity index (χ4n) is 3.20. The fourth-order valence-corrected chi connectivity index (χ4v) is 3.20. The summed E-state index contributed by atoms with van der Waals surface area (Å²) in [6.45, 7) is 0.535. The monoisotopic (exact) mass is 519 g/mol. The summed E-state index contributed by atoms with van der Waals surface area (Å²) < 4.78 is 10.2. The molecule has 11 nitrogen and oxygen atoms in total. The third kappa shape index (κ3) is 8.26. The summed E-state index contributed by atoms with van der Waals surface area (Å²) in [5.41, 5.74) is 6.86. The van der Waals surface area contributed by atoms with Crippen LogP contribution >= 0.6 is 0 Å². The second-order valence-corrected chi connectivity index (χ2v) is 7.95. The minimum atomic E-state index is -0.408. The first-order valence-corrected chi connectivity index (χ1v) is 11.6. The number of hydrazone groups is 2. The molecule has 0 aliphatic carbocycles. The molecule has 2 amide bonds. The Morgan fingerprint density at radius 3 is 1.92 bits per heavy atom. The number of nitrogens with one attached hydrogen (secondary N) is 3. The number of nitrogens with zero attached hydrogens (tertiary/aromatic N) is 2. The van der Waals surface area contributed by atoms with E-state index in [1.165, 1.54) is 38.8 Å². The summed E-state index contributed by atoms with van der Waals surface area (Å²) in [6, 6.07) is 16.2. The maximum atomic E-state index is 12.3. The molecule has 0 aliphatic rings. The molecule has 0 radical (unpaired) electrons. The van der Waals surface area contributed by atoms with Gasteiger partial charge in [0.05, 0.1) is 26.6 Å². The van der Waals surface area contributed by atoms with E-state index >= 15 is 0 Å². The van der Waals surface area contributed by atoms with Crippen molar-refractivity contribution in [3.05, 3.63) is 77.4 Å². The molecule has 0 unspecified atom stereocenters. The van der Waals surface area contributed by atoms with Gasteiger partial charge in [0.1, 0.15) is 23.0 Å². The Hall–Kier alpha value is -5.06. The van der Waals surface area contributed by atoms with Crippen LogP contribution in [-0.2, 0) is 4.79 Å². The lowest BCUT2D eigenvalue weighted by molar-refractivity contribution is -0.121. The Kier molecular flexibility index (Phi) is 10.1. The molecule has 3 aromatic rings. The van der Waals surface area contributed by atoms with E-state index < -0.39 is 5.91 Å². The van der Waals surface area contributed by atoms with Gasteiger partial charge in [-0.2, -0.15) is 10.2 Å². The van der Waals surface area contributed by atoms with Gasteiger partial charge in [-0.25, -0.2) is 10.9 Å².